The lowest BCUT2D eigenvalue weighted by Gasteiger charge is -2.30. The first-order chi connectivity index (χ1) is 11.7. The van der Waals surface area contributed by atoms with Gasteiger partial charge in [-0.2, -0.15) is 0 Å². The van der Waals surface area contributed by atoms with Crippen molar-refractivity contribution in [3.05, 3.63) is 0 Å². The smallest absolute Gasteiger partial charge is 0.191 e. The van der Waals surface area contributed by atoms with Crippen LogP contribution in [0.1, 0.15) is 51.9 Å². The molecule has 0 aromatic rings. The van der Waals surface area contributed by atoms with Crippen molar-refractivity contribution < 1.29 is 4.74 Å². The Morgan fingerprint density at radius 3 is 2.50 bits per heavy atom. The molecular weight excluding hydrogens is 300 g/mol. The van der Waals surface area contributed by atoms with Gasteiger partial charge in [0.25, 0.3) is 0 Å². The molecule has 0 bridgehead atoms. The van der Waals surface area contributed by atoms with Crippen LogP contribution in [-0.4, -0.2) is 64.3 Å². The van der Waals surface area contributed by atoms with E-state index < -0.39 is 0 Å². The molecule has 0 amide bonds. The zero-order valence-corrected chi connectivity index (χ0v) is 16.1. The van der Waals surface area contributed by atoms with E-state index in [1.807, 2.05) is 7.05 Å². The van der Waals surface area contributed by atoms with Crippen LogP contribution in [0.25, 0.3) is 0 Å². The second-order valence-electron chi connectivity index (χ2n) is 7.87. The molecule has 1 atom stereocenters. The number of hydrogen-bond donors (Lipinski definition) is 2. The summed E-state index contributed by atoms with van der Waals surface area (Å²) in [7, 11) is 3.68. The molecule has 140 valence electrons. The molecule has 0 radical (unpaired) electrons. The minimum absolute atomic E-state index is 0.398. The van der Waals surface area contributed by atoms with Crippen LogP contribution < -0.4 is 10.6 Å². The van der Waals surface area contributed by atoms with E-state index in [1.54, 1.807) is 7.11 Å². The van der Waals surface area contributed by atoms with Crippen molar-refractivity contribution >= 4 is 5.96 Å². The third-order valence-electron chi connectivity index (χ3n) is 5.74. The number of methoxy groups -OCH3 is 1. The van der Waals surface area contributed by atoms with Crippen molar-refractivity contribution in [1.29, 1.82) is 0 Å². The van der Waals surface area contributed by atoms with Crippen LogP contribution in [0, 0.1) is 11.3 Å². The summed E-state index contributed by atoms with van der Waals surface area (Å²) in [4.78, 5) is 7.00. The van der Waals surface area contributed by atoms with Crippen LogP contribution in [0.2, 0.25) is 0 Å². The lowest BCUT2D eigenvalue weighted by Crippen LogP contribution is -2.45. The molecule has 2 aliphatic rings. The van der Waals surface area contributed by atoms with Gasteiger partial charge in [0.15, 0.2) is 5.96 Å². The Balaban J connectivity index is 1.70. The molecule has 1 aliphatic heterocycles. The molecule has 0 aromatic carbocycles. The Morgan fingerprint density at radius 1 is 1.17 bits per heavy atom. The molecule has 2 rings (SSSR count). The van der Waals surface area contributed by atoms with E-state index in [0.29, 0.717) is 11.3 Å². The molecular formula is C19H38N4O. The fourth-order valence-electron chi connectivity index (χ4n) is 4.19. The molecule has 1 aliphatic carbocycles. The number of nitrogens with one attached hydrogen (secondary N) is 2. The average Bonchev–Trinajstić information content (AvgIpc) is 3.25. The normalized spacial score (nSPS) is 22.7. The molecule has 5 nitrogen and oxygen atoms in total. The topological polar surface area (TPSA) is 48.9 Å². The Bertz CT molecular complexity index is 374. The minimum Gasteiger partial charge on any atom is -0.385 e. The molecule has 0 aromatic heterocycles. The summed E-state index contributed by atoms with van der Waals surface area (Å²) in [5.41, 5.74) is 0.398. The van der Waals surface area contributed by atoms with E-state index in [-0.39, 0.29) is 0 Å². The molecule has 5 heteroatoms. The Hall–Kier alpha value is -0.810. The van der Waals surface area contributed by atoms with Gasteiger partial charge >= 0.3 is 0 Å². The number of rotatable bonds is 9. The molecule has 1 saturated carbocycles. The standard InChI is InChI=1S/C19H38N4O/c1-17(15-23-11-6-7-12-23)14-21-18(20-2)22-16-19(10-13-24-3)8-4-5-9-19/h17H,4-16H2,1-3H3,(H2,20,21,22). The van der Waals surface area contributed by atoms with Crippen molar-refractivity contribution in [3.8, 4) is 0 Å². The van der Waals surface area contributed by atoms with Gasteiger partial charge in [-0.05, 0) is 56.5 Å². The van der Waals surface area contributed by atoms with Crippen LogP contribution >= 0.6 is 0 Å². The highest BCUT2D eigenvalue weighted by molar-refractivity contribution is 5.79. The molecule has 1 heterocycles. The van der Waals surface area contributed by atoms with Crippen LogP contribution in [0.4, 0.5) is 0 Å². The molecule has 2 fully saturated rings. The van der Waals surface area contributed by atoms with Gasteiger partial charge in [0.1, 0.15) is 0 Å². The zero-order valence-electron chi connectivity index (χ0n) is 16.1. The number of aliphatic imine (C=N–C) groups is 1. The fraction of sp³-hybridized carbons (Fsp3) is 0.947. The van der Waals surface area contributed by atoms with Gasteiger partial charge < -0.3 is 20.3 Å². The van der Waals surface area contributed by atoms with Crippen LogP contribution in [0.5, 0.6) is 0 Å². The van der Waals surface area contributed by atoms with E-state index in [9.17, 15) is 0 Å². The molecule has 2 N–H and O–H groups in total. The minimum atomic E-state index is 0.398. The maximum Gasteiger partial charge on any atom is 0.191 e. The Morgan fingerprint density at radius 2 is 1.88 bits per heavy atom. The maximum atomic E-state index is 5.33. The summed E-state index contributed by atoms with van der Waals surface area (Å²) >= 11 is 0. The summed E-state index contributed by atoms with van der Waals surface area (Å²) in [6, 6.07) is 0. The largest absolute Gasteiger partial charge is 0.385 e. The van der Waals surface area contributed by atoms with Gasteiger partial charge in [-0.15, -0.1) is 0 Å². The number of hydrogen-bond acceptors (Lipinski definition) is 3. The highest BCUT2D eigenvalue weighted by Crippen LogP contribution is 2.40. The second-order valence-corrected chi connectivity index (χ2v) is 7.87. The molecule has 0 spiro atoms. The van der Waals surface area contributed by atoms with Crippen molar-refractivity contribution in [3.63, 3.8) is 0 Å². The van der Waals surface area contributed by atoms with Gasteiger partial charge in [0.2, 0.25) is 0 Å². The zero-order chi connectivity index (χ0) is 17.3. The maximum absolute atomic E-state index is 5.33. The predicted octanol–water partition coefficient (Wildman–Crippen LogP) is 2.48. The van der Waals surface area contributed by atoms with Crippen LogP contribution in [-0.2, 0) is 4.74 Å². The monoisotopic (exact) mass is 338 g/mol. The van der Waals surface area contributed by atoms with Crippen molar-refractivity contribution in [2.45, 2.75) is 51.9 Å². The quantitative estimate of drug-likeness (QED) is 0.501. The van der Waals surface area contributed by atoms with Crippen molar-refractivity contribution in [2.75, 3.05) is 53.5 Å². The highest BCUT2D eigenvalue weighted by Gasteiger charge is 2.33. The van der Waals surface area contributed by atoms with Crippen LogP contribution in [0.3, 0.4) is 0 Å². The SMILES string of the molecule is CN=C(NCC(C)CN1CCCC1)NCC1(CCOC)CCCC1. The Kier molecular flexibility index (Phi) is 8.33. The predicted molar refractivity (Wildman–Crippen MR) is 102 cm³/mol. The first kappa shape index (κ1) is 19.5. The van der Waals surface area contributed by atoms with E-state index in [1.165, 1.54) is 58.2 Å². The van der Waals surface area contributed by atoms with Crippen molar-refractivity contribution in [1.82, 2.24) is 15.5 Å². The molecule has 24 heavy (non-hydrogen) atoms. The van der Waals surface area contributed by atoms with Gasteiger partial charge in [0.05, 0.1) is 0 Å². The number of nitrogens with zero attached hydrogens (tertiary/aromatic N) is 2. The second kappa shape index (κ2) is 10.2. The summed E-state index contributed by atoms with van der Waals surface area (Å²) < 4.78 is 5.33. The van der Waals surface area contributed by atoms with Crippen LogP contribution in [0.15, 0.2) is 4.99 Å². The van der Waals surface area contributed by atoms with E-state index in [0.717, 1.165) is 32.1 Å². The molecule has 1 saturated heterocycles. The lowest BCUT2D eigenvalue weighted by atomic mass is 9.83. The number of guanidine groups is 1. The lowest BCUT2D eigenvalue weighted by molar-refractivity contribution is 0.138. The van der Waals surface area contributed by atoms with E-state index >= 15 is 0 Å². The third kappa shape index (κ3) is 6.25. The Labute approximate surface area is 148 Å². The summed E-state index contributed by atoms with van der Waals surface area (Å²) in [6.07, 6.45) is 9.21. The molecule has 1 unspecified atom stereocenters. The van der Waals surface area contributed by atoms with E-state index in [2.05, 4.69) is 27.4 Å². The first-order valence-corrected chi connectivity index (χ1v) is 9.83. The summed E-state index contributed by atoms with van der Waals surface area (Å²) in [5.74, 6) is 1.60. The van der Waals surface area contributed by atoms with Gasteiger partial charge in [-0.3, -0.25) is 4.99 Å². The van der Waals surface area contributed by atoms with Crippen molar-refractivity contribution in [2.24, 2.45) is 16.3 Å². The van der Waals surface area contributed by atoms with Gasteiger partial charge in [-0.25, -0.2) is 0 Å². The average molecular weight is 339 g/mol. The van der Waals surface area contributed by atoms with Gasteiger partial charge in [0, 0.05) is 40.4 Å². The summed E-state index contributed by atoms with van der Waals surface area (Å²) in [5, 5.41) is 7.10. The number of likely N-dealkylation sites (tertiary alicyclic amines) is 1. The highest BCUT2D eigenvalue weighted by atomic mass is 16.5. The third-order valence-corrected chi connectivity index (χ3v) is 5.74. The van der Waals surface area contributed by atoms with E-state index in [4.69, 9.17) is 4.74 Å². The fourth-order valence-corrected chi connectivity index (χ4v) is 4.19. The van der Waals surface area contributed by atoms with Gasteiger partial charge in [-0.1, -0.05) is 19.8 Å². The first-order valence-electron chi connectivity index (χ1n) is 9.83. The number of ether oxygens (including phenoxy) is 1. The summed E-state index contributed by atoms with van der Waals surface area (Å²) in [6.45, 7) is 8.94.